The van der Waals surface area contributed by atoms with Gasteiger partial charge in [-0.05, 0) is 12.1 Å². The molecule has 0 aromatic heterocycles. The number of aromatic hydroxyl groups is 2. The summed E-state index contributed by atoms with van der Waals surface area (Å²) in [5, 5.41) is 20.1. The Bertz CT molecular complexity index is 272. The first-order chi connectivity index (χ1) is 5.24. The predicted molar refractivity (Wildman–Crippen MR) is 39.5 cm³/mol. The summed E-state index contributed by atoms with van der Waals surface area (Å²) in [7, 11) is 0. The zero-order chi connectivity index (χ0) is 8.27. The molecular formula is C7H7NO3. The van der Waals surface area contributed by atoms with E-state index in [4.69, 9.17) is 10.2 Å². The van der Waals surface area contributed by atoms with E-state index in [-0.39, 0.29) is 17.2 Å². The van der Waals surface area contributed by atoms with Crippen LogP contribution in [0, 0.1) is 0 Å². The van der Waals surface area contributed by atoms with Crippen LogP contribution in [0.15, 0.2) is 18.2 Å². The van der Waals surface area contributed by atoms with Gasteiger partial charge in [0.25, 0.3) is 0 Å². The molecule has 1 rings (SSSR count). The Morgan fingerprint density at radius 2 is 2.09 bits per heavy atom. The maximum atomic E-state index is 9.93. The Hall–Kier alpha value is -1.71. The minimum Gasteiger partial charge on any atom is -0.508 e. The third-order valence-corrected chi connectivity index (χ3v) is 1.20. The van der Waals surface area contributed by atoms with Crippen LogP contribution >= 0.6 is 0 Å². The Morgan fingerprint density at radius 1 is 1.36 bits per heavy atom. The molecule has 0 saturated heterocycles. The molecule has 0 spiro atoms. The number of hydrogen-bond acceptors (Lipinski definition) is 3. The van der Waals surface area contributed by atoms with Crippen molar-refractivity contribution in [3.63, 3.8) is 0 Å². The molecule has 1 aromatic rings. The predicted octanol–water partition coefficient (Wildman–Crippen LogP) is 0.666. The number of benzene rings is 1. The molecule has 0 atom stereocenters. The maximum absolute atomic E-state index is 9.93. The third-order valence-electron chi connectivity index (χ3n) is 1.20. The van der Waals surface area contributed by atoms with E-state index in [9.17, 15) is 4.79 Å². The van der Waals surface area contributed by atoms with Crippen LogP contribution in [-0.2, 0) is 4.79 Å². The van der Waals surface area contributed by atoms with E-state index in [1.54, 1.807) is 0 Å². The lowest BCUT2D eigenvalue weighted by Crippen LogP contribution is -1.92. The second-order valence-corrected chi connectivity index (χ2v) is 1.96. The van der Waals surface area contributed by atoms with Crippen LogP contribution in [0.4, 0.5) is 5.69 Å². The number of amides is 1. The van der Waals surface area contributed by atoms with Gasteiger partial charge in [0.2, 0.25) is 6.41 Å². The van der Waals surface area contributed by atoms with Crippen molar-refractivity contribution >= 4 is 12.1 Å². The number of phenols is 2. The fourth-order valence-corrected chi connectivity index (χ4v) is 0.706. The molecule has 1 amide bonds. The van der Waals surface area contributed by atoms with Gasteiger partial charge in [0.15, 0.2) is 0 Å². The molecule has 3 N–H and O–H groups in total. The van der Waals surface area contributed by atoms with Crippen molar-refractivity contribution in [3.8, 4) is 11.5 Å². The number of carbonyl (C=O) groups excluding carboxylic acids is 1. The van der Waals surface area contributed by atoms with E-state index < -0.39 is 0 Å². The molecule has 4 nitrogen and oxygen atoms in total. The van der Waals surface area contributed by atoms with Gasteiger partial charge in [0, 0.05) is 6.07 Å². The van der Waals surface area contributed by atoms with Gasteiger partial charge in [-0.3, -0.25) is 4.79 Å². The number of anilines is 1. The molecule has 0 aliphatic carbocycles. The average Bonchev–Trinajstić information content (AvgIpc) is 1.95. The fourth-order valence-electron chi connectivity index (χ4n) is 0.706. The monoisotopic (exact) mass is 153 g/mol. The summed E-state index contributed by atoms with van der Waals surface area (Å²) in [4.78, 5) is 9.93. The molecule has 0 aliphatic heterocycles. The molecule has 4 heteroatoms. The largest absolute Gasteiger partial charge is 0.508 e. The molecule has 0 bridgehead atoms. The minimum absolute atomic E-state index is 0.0426. The molecule has 0 radical (unpaired) electrons. The van der Waals surface area contributed by atoms with Crippen molar-refractivity contribution in [3.05, 3.63) is 18.2 Å². The molecular weight excluding hydrogens is 146 g/mol. The van der Waals surface area contributed by atoms with Crippen LogP contribution in [0.5, 0.6) is 11.5 Å². The van der Waals surface area contributed by atoms with Gasteiger partial charge in [-0.2, -0.15) is 0 Å². The summed E-state index contributed by atoms with van der Waals surface area (Å²) in [6.07, 6.45) is 0.450. The average molecular weight is 153 g/mol. The van der Waals surface area contributed by atoms with E-state index in [1.807, 2.05) is 0 Å². The van der Waals surface area contributed by atoms with E-state index >= 15 is 0 Å². The highest BCUT2D eigenvalue weighted by Gasteiger charge is 1.98. The Kier molecular flexibility index (Phi) is 1.96. The first-order valence-electron chi connectivity index (χ1n) is 2.96. The number of carbonyl (C=O) groups is 1. The highest BCUT2D eigenvalue weighted by atomic mass is 16.3. The summed E-state index contributed by atoms with van der Waals surface area (Å²) >= 11 is 0. The van der Waals surface area contributed by atoms with Gasteiger partial charge >= 0.3 is 0 Å². The summed E-state index contributed by atoms with van der Waals surface area (Å²) < 4.78 is 0. The molecule has 0 unspecified atom stereocenters. The lowest BCUT2D eigenvalue weighted by molar-refractivity contribution is -0.105. The van der Waals surface area contributed by atoms with Crippen molar-refractivity contribution in [2.75, 3.05) is 5.32 Å². The second-order valence-electron chi connectivity index (χ2n) is 1.96. The summed E-state index contributed by atoms with van der Waals surface area (Å²) in [5.41, 5.74) is 0.276. The van der Waals surface area contributed by atoms with E-state index in [0.29, 0.717) is 6.41 Å². The summed E-state index contributed by atoms with van der Waals surface area (Å²) in [6.45, 7) is 0. The minimum atomic E-state index is -0.155. The van der Waals surface area contributed by atoms with Crippen molar-refractivity contribution in [1.82, 2.24) is 0 Å². The third kappa shape index (κ3) is 1.61. The molecule has 58 valence electrons. The molecule has 0 heterocycles. The molecule has 0 fully saturated rings. The van der Waals surface area contributed by atoms with E-state index in [0.717, 1.165) is 6.07 Å². The van der Waals surface area contributed by atoms with Crippen LogP contribution in [0.2, 0.25) is 0 Å². The lowest BCUT2D eigenvalue weighted by atomic mass is 10.3. The van der Waals surface area contributed by atoms with Gasteiger partial charge in [0.1, 0.15) is 11.5 Å². The quantitative estimate of drug-likeness (QED) is 0.332. The SMILES string of the molecule is O=CNc1ccc(O)cc1O. The van der Waals surface area contributed by atoms with Gasteiger partial charge < -0.3 is 15.5 Å². The summed E-state index contributed by atoms with van der Waals surface area (Å²) in [6, 6.07) is 3.91. The van der Waals surface area contributed by atoms with Gasteiger partial charge in [-0.1, -0.05) is 0 Å². The van der Waals surface area contributed by atoms with Crippen LogP contribution < -0.4 is 5.32 Å². The van der Waals surface area contributed by atoms with Crippen molar-refractivity contribution in [2.24, 2.45) is 0 Å². The summed E-state index contributed by atoms with van der Waals surface area (Å²) in [5.74, 6) is -0.198. The van der Waals surface area contributed by atoms with Crippen LogP contribution in [-0.4, -0.2) is 16.6 Å². The smallest absolute Gasteiger partial charge is 0.211 e. The Morgan fingerprint density at radius 3 is 2.64 bits per heavy atom. The van der Waals surface area contributed by atoms with Crippen LogP contribution in [0.1, 0.15) is 0 Å². The normalized spacial score (nSPS) is 9.09. The topological polar surface area (TPSA) is 69.6 Å². The molecule has 0 aliphatic rings. The van der Waals surface area contributed by atoms with Crippen molar-refractivity contribution in [1.29, 1.82) is 0 Å². The second kappa shape index (κ2) is 2.92. The Labute approximate surface area is 63.1 Å². The molecule has 0 saturated carbocycles. The number of rotatable bonds is 2. The zero-order valence-corrected chi connectivity index (χ0v) is 5.61. The fraction of sp³-hybridized carbons (Fsp3) is 0. The lowest BCUT2D eigenvalue weighted by Gasteiger charge is -2.01. The highest BCUT2D eigenvalue weighted by Crippen LogP contribution is 2.26. The van der Waals surface area contributed by atoms with E-state index in [2.05, 4.69) is 5.32 Å². The number of phenolic OH excluding ortho intramolecular Hbond substituents is 2. The molecule has 1 aromatic carbocycles. The first kappa shape index (κ1) is 7.40. The maximum Gasteiger partial charge on any atom is 0.211 e. The Balaban J connectivity index is 2.98. The van der Waals surface area contributed by atoms with Crippen molar-refractivity contribution in [2.45, 2.75) is 0 Å². The zero-order valence-electron chi connectivity index (χ0n) is 5.61. The van der Waals surface area contributed by atoms with E-state index in [1.165, 1.54) is 12.1 Å². The van der Waals surface area contributed by atoms with Gasteiger partial charge in [-0.25, -0.2) is 0 Å². The number of nitrogens with one attached hydrogen (secondary N) is 1. The first-order valence-corrected chi connectivity index (χ1v) is 2.96. The standard InChI is InChI=1S/C7H7NO3/c9-4-8-6-2-1-5(10)3-7(6)11/h1-4,10-11H,(H,8,9). The highest BCUT2D eigenvalue weighted by molar-refractivity contribution is 5.75. The van der Waals surface area contributed by atoms with Gasteiger partial charge in [-0.15, -0.1) is 0 Å². The number of hydrogen-bond donors (Lipinski definition) is 3. The van der Waals surface area contributed by atoms with Gasteiger partial charge in [0.05, 0.1) is 5.69 Å². The van der Waals surface area contributed by atoms with Crippen LogP contribution in [0.3, 0.4) is 0 Å². The van der Waals surface area contributed by atoms with Crippen LogP contribution in [0.25, 0.3) is 0 Å². The molecule has 11 heavy (non-hydrogen) atoms. The van der Waals surface area contributed by atoms with Crippen molar-refractivity contribution < 1.29 is 15.0 Å².